The van der Waals surface area contributed by atoms with Gasteiger partial charge in [-0.2, -0.15) is 0 Å². The van der Waals surface area contributed by atoms with Crippen molar-refractivity contribution in [3.8, 4) is 79.5 Å². The third kappa shape index (κ3) is 18.1. The van der Waals surface area contributed by atoms with Gasteiger partial charge in [-0.25, -0.2) is 29.3 Å². The molecule has 598 valence electrons. The number of aryl methyl sites for hydroxylation is 2. The van der Waals surface area contributed by atoms with Crippen LogP contribution in [0, 0.1) is 19.7 Å². The van der Waals surface area contributed by atoms with Gasteiger partial charge < -0.3 is 68.0 Å². The van der Waals surface area contributed by atoms with E-state index < -0.39 is 5.82 Å². The molecule has 0 spiro atoms. The Morgan fingerprint density at radius 3 is 1.57 bits per heavy atom. The van der Waals surface area contributed by atoms with Gasteiger partial charge in [0, 0.05) is 130 Å². The molecular formula is C87H97FN16O11. The number of ether oxygens (including phenoxy) is 6. The molecule has 0 radical (unpaired) electrons. The third-order valence-corrected chi connectivity index (χ3v) is 21.6. The first-order valence-electron chi connectivity index (χ1n) is 38.7. The fourth-order valence-corrected chi connectivity index (χ4v) is 15.2. The lowest BCUT2D eigenvalue weighted by atomic mass is 10.0. The van der Waals surface area contributed by atoms with E-state index in [9.17, 15) is 23.6 Å². The first-order chi connectivity index (χ1) is 55.7. The van der Waals surface area contributed by atoms with Crippen LogP contribution in [0.15, 0.2) is 188 Å². The second-order valence-electron chi connectivity index (χ2n) is 29.4. The van der Waals surface area contributed by atoms with Gasteiger partial charge in [0.15, 0.2) is 46.0 Å². The zero-order valence-corrected chi connectivity index (χ0v) is 66.8. The van der Waals surface area contributed by atoms with E-state index in [1.165, 1.54) is 40.2 Å². The Labute approximate surface area is 664 Å². The van der Waals surface area contributed by atoms with Crippen molar-refractivity contribution >= 4 is 50.8 Å². The maximum atomic E-state index is 14.0. The maximum Gasteiger partial charge on any atom is 0.258 e. The number of likely N-dealkylation sites (tertiary alicyclic amines) is 1. The summed E-state index contributed by atoms with van der Waals surface area (Å²) in [6.07, 6.45) is 13.9. The van der Waals surface area contributed by atoms with Crippen molar-refractivity contribution in [3.05, 3.63) is 223 Å². The minimum absolute atomic E-state index is 0.0890. The fraction of sp³-hybridized carbons (Fsp3) is 0.345. The van der Waals surface area contributed by atoms with E-state index in [2.05, 4.69) is 90.4 Å². The summed E-state index contributed by atoms with van der Waals surface area (Å²) in [5.74, 6) is 3.44. The molecule has 4 aliphatic heterocycles. The van der Waals surface area contributed by atoms with Crippen molar-refractivity contribution < 1.29 is 37.2 Å². The summed E-state index contributed by atoms with van der Waals surface area (Å²) < 4.78 is 58.3. The van der Waals surface area contributed by atoms with Crippen molar-refractivity contribution in [2.45, 2.75) is 70.6 Å². The lowest BCUT2D eigenvalue weighted by Crippen LogP contribution is -2.42. The molecule has 115 heavy (non-hydrogen) atoms. The van der Waals surface area contributed by atoms with Crippen molar-refractivity contribution in [3.63, 3.8) is 0 Å². The average molecular weight is 1560 g/mol. The first kappa shape index (κ1) is 79.4. The number of piperidine rings is 2. The summed E-state index contributed by atoms with van der Waals surface area (Å²) in [6.45, 7) is 13.7. The number of halogens is 1. The van der Waals surface area contributed by atoms with Gasteiger partial charge in [0.1, 0.15) is 40.0 Å². The number of oxazole rings is 1. The van der Waals surface area contributed by atoms with Gasteiger partial charge in [-0.05, 0) is 208 Å². The number of benzene rings is 4. The smallest absolute Gasteiger partial charge is 0.258 e. The lowest BCUT2D eigenvalue weighted by Gasteiger charge is -2.36. The Kier molecular flexibility index (Phi) is 24.5. The van der Waals surface area contributed by atoms with Gasteiger partial charge >= 0.3 is 0 Å². The van der Waals surface area contributed by atoms with E-state index in [-0.39, 0.29) is 34.1 Å². The third-order valence-electron chi connectivity index (χ3n) is 21.6. The molecule has 4 fully saturated rings. The predicted octanol–water partition coefficient (Wildman–Crippen LogP) is 11.0. The predicted molar refractivity (Wildman–Crippen MR) is 447 cm³/mol. The summed E-state index contributed by atoms with van der Waals surface area (Å²) in [5.41, 5.74) is 12.6. The van der Waals surface area contributed by atoms with Crippen molar-refractivity contribution in [1.82, 2.24) is 63.0 Å². The van der Waals surface area contributed by atoms with E-state index >= 15 is 0 Å². The van der Waals surface area contributed by atoms with Crippen molar-refractivity contribution in [2.75, 3.05) is 144 Å². The topological polar surface area (TPSA) is 259 Å². The Hall–Kier alpha value is -12.2. The molecule has 9 aromatic heterocycles. The number of anilines is 3. The number of fused-ring (bicyclic) bond motifs is 5. The van der Waals surface area contributed by atoms with Crippen LogP contribution in [-0.4, -0.2) is 200 Å². The standard InChI is InChI=1S/C23H25N5O2.C22H26N4O3.C21H23FN4O2.C21H23N3O4/c1-15-24-19-6-4-16(12-21(19)30-15)20-13-23(29)28-14-18(5-7-22(28)25-20)27-10-8-17(9-11-27)26(2)3;1-15-11-17(25-9-4-7-23-8-10-25)14-26-21(27)13-18(24-22(15)26)16-5-6-19(28-2)20(12-16)29-3;1-24-9-8-16(12-24)25(2)15-5-7-20-23-18(11-21(27)26(20)13-15)14-4-6-19(28-3)17(22)10-14;1-26-18-5-3-14(11-19(18)27-2)17-12-21(25)24-13-16(4-6-20(24)23-17)28-15-7-9-22-10-8-15/h4-7,12-14,17H,8-11H2,1-3H3;5-6,11-14,23H,4,7-10H2,1-3H3;4-7,10-11,13,16H,8-9,12H2,1-3H3;3-6,11-13,15,22H,7-10H2,1-2H3/t;;16-;/m..1./s1. The van der Waals surface area contributed by atoms with Gasteiger partial charge in [0.25, 0.3) is 22.2 Å². The van der Waals surface area contributed by atoms with Crippen molar-refractivity contribution in [2.24, 2.45) is 0 Å². The number of rotatable bonds is 16. The quantitative estimate of drug-likeness (QED) is 0.0911. The van der Waals surface area contributed by atoms with E-state index in [0.717, 1.165) is 149 Å². The minimum atomic E-state index is -0.486. The van der Waals surface area contributed by atoms with Crippen LogP contribution in [0.1, 0.15) is 50.0 Å². The zero-order valence-electron chi connectivity index (χ0n) is 66.8. The molecule has 0 saturated carbocycles. The molecule has 4 aliphatic rings. The summed E-state index contributed by atoms with van der Waals surface area (Å²) in [7, 11) is 16.2. The highest BCUT2D eigenvalue weighted by Gasteiger charge is 2.26. The number of hydrogen-bond donors (Lipinski definition) is 2. The lowest BCUT2D eigenvalue weighted by molar-refractivity contribution is 0.162. The molecule has 0 amide bonds. The number of pyridine rings is 4. The van der Waals surface area contributed by atoms with Crippen LogP contribution in [0.25, 0.3) is 78.7 Å². The van der Waals surface area contributed by atoms with Crippen LogP contribution >= 0.6 is 0 Å². The molecule has 4 aromatic carbocycles. The largest absolute Gasteiger partial charge is 0.494 e. The zero-order chi connectivity index (χ0) is 80.6. The molecule has 28 heteroatoms. The molecule has 27 nitrogen and oxygen atoms in total. The second-order valence-corrected chi connectivity index (χ2v) is 29.4. The molecule has 17 rings (SSSR count). The summed E-state index contributed by atoms with van der Waals surface area (Å²) in [6, 6.07) is 42.0. The summed E-state index contributed by atoms with van der Waals surface area (Å²) >= 11 is 0. The number of hydrogen-bond acceptors (Lipinski definition) is 23. The Balaban J connectivity index is 0.000000127. The molecule has 13 heterocycles. The Bertz CT molecular complexity index is 5930. The normalized spacial score (nSPS) is 15.5. The number of nitrogens with zero attached hydrogens (tertiary/aromatic N) is 14. The summed E-state index contributed by atoms with van der Waals surface area (Å²) in [5, 5.41) is 6.73. The highest BCUT2D eigenvalue weighted by atomic mass is 19.1. The number of methoxy groups -OCH3 is 5. The van der Waals surface area contributed by atoms with Gasteiger partial charge in [0.05, 0.1) is 81.6 Å². The van der Waals surface area contributed by atoms with Crippen LogP contribution in [0.5, 0.6) is 34.5 Å². The highest BCUT2D eigenvalue weighted by Crippen LogP contribution is 2.35. The molecule has 0 unspecified atom stereocenters. The van der Waals surface area contributed by atoms with E-state index in [1.807, 2.05) is 111 Å². The van der Waals surface area contributed by atoms with Gasteiger partial charge in [-0.15, -0.1) is 0 Å². The highest BCUT2D eigenvalue weighted by molar-refractivity contribution is 5.80. The molecule has 0 bridgehead atoms. The van der Waals surface area contributed by atoms with E-state index in [0.29, 0.717) is 103 Å². The average Bonchev–Trinajstić information content (AvgIpc) is 1.45. The van der Waals surface area contributed by atoms with Crippen LogP contribution in [-0.2, 0) is 0 Å². The molecular weight excluding hydrogens is 1460 g/mol. The van der Waals surface area contributed by atoms with Crippen LogP contribution in [0.4, 0.5) is 21.5 Å². The Morgan fingerprint density at radius 2 is 0.974 bits per heavy atom. The van der Waals surface area contributed by atoms with E-state index in [4.69, 9.17) is 42.8 Å². The molecule has 13 aromatic rings. The van der Waals surface area contributed by atoms with Crippen LogP contribution < -0.4 is 76.0 Å². The van der Waals surface area contributed by atoms with Crippen LogP contribution in [0.3, 0.4) is 0 Å². The Morgan fingerprint density at radius 1 is 0.461 bits per heavy atom. The van der Waals surface area contributed by atoms with Gasteiger partial charge in [0.2, 0.25) is 0 Å². The molecule has 0 aliphatic carbocycles. The SMILES string of the molecule is COc1ccc(-c2cc(=O)n3cc(N(C)[C@@H]4CCN(C)C4)ccc3n2)cc1F.COc1ccc(-c2cc(=O)n3cc(N4CCCNCC4)cc(C)c3n2)cc1OC.COc1ccc(-c2cc(=O)n3cc(OC4CCNCC4)ccc3n2)cc1OC.Cc1nc2ccc(-c3cc(=O)n4cc(N5CCC(N(C)C)CC5)ccc4n3)cc2o1. The number of aromatic nitrogens is 9. The number of nitrogens with one attached hydrogen (secondary N) is 2. The second kappa shape index (κ2) is 35.4. The van der Waals surface area contributed by atoms with Gasteiger partial charge in [-0.1, -0.05) is 6.07 Å². The minimum Gasteiger partial charge on any atom is -0.494 e. The number of likely N-dealkylation sites (N-methyl/N-ethyl adjacent to an activating group) is 2. The molecule has 1 atom stereocenters. The fourth-order valence-electron chi connectivity index (χ4n) is 15.2. The molecule has 4 saturated heterocycles. The summed E-state index contributed by atoms with van der Waals surface area (Å²) in [4.78, 5) is 85.7. The monoisotopic (exact) mass is 1560 g/mol. The first-order valence-corrected chi connectivity index (χ1v) is 38.7. The van der Waals surface area contributed by atoms with Crippen molar-refractivity contribution in [1.29, 1.82) is 0 Å². The van der Waals surface area contributed by atoms with Crippen LogP contribution in [0.2, 0.25) is 0 Å². The maximum absolute atomic E-state index is 14.0. The molecule has 2 N–H and O–H groups in total. The van der Waals surface area contributed by atoms with Gasteiger partial charge in [-0.3, -0.25) is 36.8 Å². The van der Waals surface area contributed by atoms with E-state index in [1.54, 1.807) is 67.7 Å².